The number of aromatic carboxylic acids is 1. The molecule has 3 N–H and O–H groups in total. The third kappa shape index (κ3) is 6.75. The van der Waals surface area contributed by atoms with Crippen molar-refractivity contribution in [2.24, 2.45) is 0 Å². The van der Waals surface area contributed by atoms with Crippen molar-refractivity contribution in [3.8, 4) is 11.5 Å². The van der Waals surface area contributed by atoms with E-state index >= 15 is 4.39 Å². The normalized spacial score (nSPS) is 16.4. The fourth-order valence-electron chi connectivity index (χ4n) is 4.33. The summed E-state index contributed by atoms with van der Waals surface area (Å²) < 4.78 is 26.8. The molecule has 0 spiro atoms. The van der Waals surface area contributed by atoms with Crippen LogP contribution in [-0.2, 0) is 11.2 Å². The fourth-order valence-corrected chi connectivity index (χ4v) is 4.82. The highest BCUT2D eigenvalue weighted by Gasteiger charge is 2.44. The Morgan fingerprint density at radius 2 is 1.75 bits per heavy atom. The number of alkyl halides is 1. The molecule has 4 rings (SSSR count). The highest BCUT2D eigenvalue weighted by molar-refractivity contribution is 6.39. The van der Waals surface area contributed by atoms with Crippen LogP contribution in [0.2, 0.25) is 10.0 Å². The molecule has 1 aliphatic rings. The number of carboxylic acids is 1. The van der Waals surface area contributed by atoms with Gasteiger partial charge < -0.3 is 30.1 Å². The quantitative estimate of drug-likeness (QED) is 0.254. The van der Waals surface area contributed by atoms with Crippen molar-refractivity contribution < 1.29 is 33.4 Å². The zero-order valence-corrected chi connectivity index (χ0v) is 22.9. The van der Waals surface area contributed by atoms with Crippen molar-refractivity contribution in [2.45, 2.75) is 25.1 Å². The second-order valence-corrected chi connectivity index (χ2v) is 9.89. The van der Waals surface area contributed by atoms with E-state index in [1.54, 1.807) is 36.4 Å². The summed E-state index contributed by atoms with van der Waals surface area (Å²) in [6.45, 7) is -0.153. The van der Waals surface area contributed by atoms with Gasteiger partial charge >= 0.3 is 12.0 Å². The second-order valence-electron chi connectivity index (χ2n) is 9.07. The summed E-state index contributed by atoms with van der Waals surface area (Å²) in [6.07, 6.45) is 0.486. The molecule has 40 heavy (non-hydrogen) atoms. The van der Waals surface area contributed by atoms with Gasteiger partial charge in [0.2, 0.25) is 11.7 Å². The SMILES string of the molecule is COc1cc(CC(=O)N2CCC[C@]2(F)COc2ccc(C(=O)O)cc2)ccc1NC(=O)Nc1c(Cl)cccc1Cl. The summed E-state index contributed by atoms with van der Waals surface area (Å²) in [5.74, 6) is -2.92. The highest BCUT2D eigenvalue weighted by Crippen LogP contribution is 2.34. The zero-order valence-electron chi connectivity index (χ0n) is 21.4. The molecule has 0 saturated carbocycles. The molecule has 0 radical (unpaired) electrons. The number of rotatable bonds is 9. The van der Waals surface area contributed by atoms with Gasteiger partial charge in [-0.1, -0.05) is 35.3 Å². The Hall–Kier alpha value is -4.02. The van der Waals surface area contributed by atoms with Crippen molar-refractivity contribution in [3.05, 3.63) is 81.8 Å². The maximum absolute atomic E-state index is 15.8. The number of hydrogen-bond donors (Lipinski definition) is 3. The molecule has 12 heteroatoms. The molecule has 1 saturated heterocycles. The molecule has 0 unspecified atom stereocenters. The molecule has 3 aromatic carbocycles. The molecule has 1 heterocycles. The number of hydrogen-bond acceptors (Lipinski definition) is 5. The molecule has 1 fully saturated rings. The van der Waals surface area contributed by atoms with Crippen LogP contribution in [0.3, 0.4) is 0 Å². The van der Waals surface area contributed by atoms with E-state index in [9.17, 15) is 14.4 Å². The van der Waals surface area contributed by atoms with E-state index in [1.165, 1.54) is 31.4 Å². The molecule has 1 aliphatic heterocycles. The lowest BCUT2D eigenvalue weighted by molar-refractivity contribution is -0.144. The maximum atomic E-state index is 15.8. The Balaban J connectivity index is 1.39. The van der Waals surface area contributed by atoms with Crippen LogP contribution in [0, 0.1) is 0 Å². The van der Waals surface area contributed by atoms with E-state index < -0.39 is 23.7 Å². The van der Waals surface area contributed by atoms with Crippen molar-refractivity contribution in [1.82, 2.24) is 4.90 Å². The lowest BCUT2D eigenvalue weighted by atomic mass is 10.1. The van der Waals surface area contributed by atoms with Crippen LogP contribution in [0.4, 0.5) is 20.6 Å². The zero-order chi connectivity index (χ0) is 28.9. The molecule has 0 aliphatic carbocycles. The maximum Gasteiger partial charge on any atom is 0.335 e. The van der Waals surface area contributed by atoms with E-state index in [-0.39, 0.29) is 47.3 Å². The number of amides is 3. The molecular formula is C28H26Cl2FN3O6. The van der Waals surface area contributed by atoms with Gasteiger partial charge in [-0.15, -0.1) is 0 Å². The largest absolute Gasteiger partial charge is 0.495 e. The molecular weight excluding hydrogens is 564 g/mol. The Bertz CT molecular complexity index is 1400. The Labute approximate surface area is 239 Å². The monoisotopic (exact) mass is 589 g/mol. The molecule has 0 bridgehead atoms. The van der Waals surface area contributed by atoms with Gasteiger partial charge in [0.05, 0.1) is 40.5 Å². The van der Waals surface area contributed by atoms with Gasteiger partial charge in [0, 0.05) is 13.0 Å². The van der Waals surface area contributed by atoms with Crippen LogP contribution < -0.4 is 20.1 Å². The van der Waals surface area contributed by atoms with E-state index in [1.807, 2.05) is 0 Å². The minimum atomic E-state index is -2.01. The number of carboxylic acid groups (broad SMARTS) is 1. The lowest BCUT2D eigenvalue weighted by Gasteiger charge is -2.31. The number of benzene rings is 3. The van der Waals surface area contributed by atoms with E-state index in [0.29, 0.717) is 29.2 Å². The number of nitrogens with one attached hydrogen (secondary N) is 2. The van der Waals surface area contributed by atoms with E-state index in [4.69, 9.17) is 37.8 Å². The molecule has 3 aromatic rings. The van der Waals surface area contributed by atoms with Crippen molar-refractivity contribution in [2.75, 3.05) is 30.9 Å². The number of methoxy groups -OCH3 is 1. The summed E-state index contributed by atoms with van der Waals surface area (Å²) in [5.41, 5.74) is 1.23. The number of carbonyl (C=O) groups is 3. The number of carbonyl (C=O) groups excluding carboxylic acids is 2. The minimum Gasteiger partial charge on any atom is -0.495 e. The van der Waals surface area contributed by atoms with Crippen molar-refractivity contribution >= 4 is 52.5 Å². The van der Waals surface area contributed by atoms with E-state index in [2.05, 4.69) is 10.6 Å². The Morgan fingerprint density at radius 3 is 2.40 bits per heavy atom. The van der Waals surface area contributed by atoms with Gasteiger partial charge in [0.25, 0.3) is 0 Å². The average Bonchev–Trinajstić information content (AvgIpc) is 3.32. The molecule has 0 aromatic heterocycles. The van der Waals surface area contributed by atoms with E-state index in [0.717, 1.165) is 4.90 Å². The number of nitrogens with zero attached hydrogens (tertiary/aromatic N) is 1. The first-order valence-corrected chi connectivity index (χ1v) is 13.0. The number of ether oxygens (including phenoxy) is 2. The van der Waals surface area contributed by atoms with Gasteiger partial charge in [-0.3, -0.25) is 4.79 Å². The van der Waals surface area contributed by atoms with Gasteiger partial charge in [-0.25, -0.2) is 14.0 Å². The van der Waals surface area contributed by atoms with Crippen LogP contribution in [0.15, 0.2) is 60.7 Å². The minimum absolute atomic E-state index is 0.0854. The van der Waals surface area contributed by atoms with Crippen molar-refractivity contribution in [1.29, 1.82) is 0 Å². The van der Waals surface area contributed by atoms with Crippen LogP contribution >= 0.6 is 23.2 Å². The molecule has 210 valence electrons. The standard InChI is InChI=1S/C28H26Cl2FN3O6/c1-39-23-14-17(6-11-22(23)32-27(38)33-25-20(29)4-2-5-21(25)30)15-24(35)34-13-3-12-28(34,31)16-40-19-9-7-18(8-10-19)26(36)37/h2,4-11,14H,3,12-13,15-16H2,1H3,(H,36,37)(H2,32,33,38)/t28-/m1/s1. The molecule has 3 amide bonds. The highest BCUT2D eigenvalue weighted by atomic mass is 35.5. The van der Waals surface area contributed by atoms with Crippen LogP contribution in [0.5, 0.6) is 11.5 Å². The summed E-state index contributed by atoms with van der Waals surface area (Å²) in [4.78, 5) is 37.8. The predicted molar refractivity (Wildman–Crippen MR) is 149 cm³/mol. The topological polar surface area (TPSA) is 117 Å². The van der Waals surface area contributed by atoms with Gasteiger partial charge in [0.1, 0.15) is 18.1 Å². The summed E-state index contributed by atoms with van der Waals surface area (Å²) >= 11 is 12.2. The average molecular weight is 590 g/mol. The summed E-state index contributed by atoms with van der Waals surface area (Å²) in [6, 6.07) is 14.6. The van der Waals surface area contributed by atoms with Crippen LogP contribution in [-0.4, -0.2) is 54.0 Å². The van der Waals surface area contributed by atoms with Crippen LogP contribution in [0.1, 0.15) is 28.8 Å². The van der Waals surface area contributed by atoms with Gasteiger partial charge in [0.15, 0.2) is 0 Å². The predicted octanol–water partition coefficient (Wildman–Crippen LogP) is 6.25. The Morgan fingerprint density at radius 1 is 1.05 bits per heavy atom. The molecule has 9 nitrogen and oxygen atoms in total. The third-order valence-electron chi connectivity index (χ3n) is 6.36. The van der Waals surface area contributed by atoms with Gasteiger partial charge in [-0.2, -0.15) is 0 Å². The number of anilines is 2. The fraction of sp³-hybridized carbons (Fsp3) is 0.250. The Kier molecular flexibility index (Phi) is 9.01. The third-order valence-corrected chi connectivity index (χ3v) is 6.99. The number of halogens is 3. The smallest absolute Gasteiger partial charge is 0.335 e. The summed E-state index contributed by atoms with van der Waals surface area (Å²) in [5, 5.41) is 14.8. The lowest BCUT2D eigenvalue weighted by Crippen LogP contribution is -2.48. The van der Waals surface area contributed by atoms with Crippen molar-refractivity contribution in [3.63, 3.8) is 0 Å². The molecule has 1 atom stereocenters. The number of para-hydroxylation sites is 1. The van der Waals surface area contributed by atoms with Crippen LogP contribution in [0.25, 0.3) is 0 Å². The first kappa shape index (κ1) is 29.0. The number of likely N-dealkylation sites (tertiary alicyclic amines) is 1. The number of urea groups is 1. The first-order chi connectivity index (χ1) is 19.1. The second kappa shape index (κ2) is 12.4. The first-order valence-electron chi connectivity index (χ1n) is 12.2. The summed E-state index contributed by atoms with van der Waals surface area (Å²) in [7, 11) is 1.42. The van der Waals surface area contributed by atoms with Gasteiger partial charge in [-0.05, 0) is 60.5 Å².